The molecule has 0 saturated heterocycles. The first-order chi connectivity index (χ1) is 5.27. The average molecular weight is 170 g/mol. The number of hydrogen-bond donors (Lipinski definition) is 1. The Balaban J connectivity index is 2.90. The standard InChI is InChI=1S/C8H5ClFN/c9-8-4-5-6(10)2-1-3-7(5)11-8/h1-4,11H. The highest BCUT2D eigenvalue weighted by Gasteiger charge is 2.01. The second-order valence-electron chi connectivity index (χ2n) is 2.32. The molecule has 1 nitrogen and oxygen atoms in total. The van der Waals surface area contributed by atoms with Crippen molar-refractivity contribution in [1.82, 2.24) is 4.98 Å². The molecule has 0 bridgehead atoms. The van der Waals surface area contributed by atoms with Crippen LogP contribution >= 0.6 is 11.6 Å². The molecule has 1 aromatic heterocycles. The first-order valence-corrected chi connectivity index (χ1v) is 3.58. The van der Waals surface area contributed by atoms with Crippen LogP contribution < -0.4 is 0 Å². The van der Waals surface area contributed by atoms with Gasteiger partial charge in [0.1, 0.15) is 11.0 Å². The van der Waals surface area contributed by atoms with Crippen molar-refractivity contribution in [2.45, 2.75) is 0 Å². The minimum atomic E-state index is -0.245. The number of benzene rings is 1. The summed E-state index contributed by atoms with van der Waals surface area (Å²) in [5, 5.41) is 1.00. The maximum Gasteiger partial charge on any atom is 0.132 e. The lowest BCUT2D eigenvalue weighted by molar-refractivity contribution is 0.640. The fraction of sp³-hybridized carbons (Fsp3) is 0. The summed E-state index contributed by atoms with van der Waals surface area (Å²) in [5.41, 5.74) is 0.731. The van der Waals surface area contributed by atoms with E-state index in [9.17, 15) is 4.39 Å². The highest BCUT2D eigenvalue weighted by Crippen LogP contribution is 2.20. The fourth-order valence-corrected chi connectivity index (χ4v) is 1.30. The third kappa shape index (κ3) is 0.994. The van der Waals surface area contributed by atoms with Gasteiger partial charge >= 0.3 is 0 Å². The molecule has 0 aliphatic carbocycles. The molecule has 2 aromatic rings. The Bertz CT molecular complexity index is 394. The van der Waals surface area contributed by atoms with Gasteiger partial charge in [0.05, 0.1) is 0 Å². The third-order valence-electron chi connectivity index (χ3n) is 1.58. The van der Waals surface area contributed by atoms with Gasteiger partial charge in [-0.25, -0.2) is 4.39 Å². The van der Waals surface area contributed by atoms with Crippen LogP contribution in [-0.4, -0.2) is 4.98 Å². The quantitative estimate of drug-likeness (QED) is 0.624. The SMILES string of the molecule is Fc1cccc2[nH]c(Cl)cc12. The lowest BCUT2D eigenvalue weighted by atomic mass is 10.2. The average Bonchev–Trinajstić information content (AvgIpc) is 2.31. The van der Waals surface area contributed by atoms with Crippen molar-refractivity contribution < 1.29 is 4.39 Å². The van der Waals surface area contributed by atoms with Crippen molar-refractivity contribution >= 4 is 22.5 Å². The summed E-state index contributed by atoms with van der Waals surface area (Å²) in [6.07, 6.45) is 0. The van der Waals surface area contributed by atoms with E-state index in [2.05, 4.69) is 4.98 Å². The molecule has 0 fully saturated rings. The second kappa shape index (κ2) is 2.24. The largest absolute Gasteiger partial charge is 0.346 e. The Morgan fingerprint density at radius 3 is 2.91 bits per heavy atom. The number of aromatic amines is 1. The van der Waals surface area contributed by atoms with Crippen LogP contribution in [0.15, 0.2) is 24.3 Å². The van der Waals surface area contributed by atoms with Crippen LogP contribution in [-0.2, 0) is 0 Å². The van der Waals surface area contributed by atoms with E-state index in [1.165, 1.54) is 6.07 Å². The number of rotatable bonds is 0. The van der Waals surface area contributed by atoms with Crippen molar-refractivity contribution in [3.05, 3.63) is 35.2 Å². The zero-order valence-corrected chi connectivity index (χ0v) is 6.32. The molecule has 1 N–H and O–H groups in total. The van der Waals surface area contributed by atoms with E-state index in [-0.39, 0.29) is 5.82 Å². The molecule has 1 heterocycles. The summed E-state index contributed by atoms with van der Waals surface area (Å²) < 4.78 is 12.9. The molecule has 0 aliphatic rings. The highest BCUT2D eigenvalue weighted by atomic mass is 35.5. The van der Waals surface area contributed by atoms with Gasteiger partial charge in [-0.15, -0.1) is 0 Å². The van der Waals surface area contributed by atoms with Gasteiger partial charge in [-0.3, -0.25) is 0 Å². The van der Waals surface area contributed by atoms with Crippen LogP contribution in [0, 0.1) is 5.82 Å². The van der Waals surface area contributed by atoms with Crippen molar-refractivity contribution in [1.29, 1.82) is 0 Å². The Labute approximate surface area is 67.8 Å². The van der Waals surface area contributed by atoms with Crippen molar-refractivity contribution in [2.24, 2.45) is 0 Å². The monoisotopic (exact) mass is 169 g/mol. The summed E-state index contributed by atoms with van der Waals surface area (Å²) in [5.74, 6) is -0.245. The molecule has 0 atom stereocenters. The summed E-state index contributed by atoms with van der Waals surface area (Å²) in [7, 11) is 0. The lowest BCUT2D eigenvalue weighted by Gasteiger charge is -1.88. The maximum atomic E-state index is 12.9. The number of halogens is 2. The van der Waals surface area contributed by atoms with Gasteiger partial charge in [0.15, 0.2) is 0 Å². The molecular weight excluding hydrogens is 165 g/mol. The predicted octanol–water partition coefficient (Wildman–Crippen LogP) is 2.96. The molecule has 0 saturated carbocycles. The Hall–Kier alpha value is -1.02. The smallest absolute Gasteiger partial charge is 0.132 e. The molecule has 0 aliphatic heterocycles. The molecule has 0 amide bonds. The van der Waals surface area contributed by atoms with Crippen LogP contribution in [0.3, 0.4) is 0 Å². The summed E-state index contributed by atoms with van der Waals surface area (Å²) in [6.45, 7) is 0. The van der Waals surface area contributed by atoms with Gasteiger partial charge in [-0.2, -0.15) is 0 Å². The van der Waals surface area contributed by atoms with Gasteiger partial charge in [-0.05, 0) is 18.2 Å². The number of aromatic nitrogens is 1. The summed E-state index contributed by atoms with van der Waals surface area (Å²) in [4.78, 5) is 2.82. The molecular formula is C8H5ClFN. The van der Waals surface area contributed by atoms with Crippen LogP contribution in [0.4, 0.5) is 4.39 Å². The van der Waals surface area contributed by atoms with Gasteiger partial charge < -0.3 is 4.98 Å². The van der Waals surface area contributed by atoms with Crippen molar-refractivity contribution in [2.75, 3.05) is 0 Å². The minimum absolute atomic E-state index is 0.245. The molecule has 11 heavy (non-hydrogen) atoms. The number of fused-ring (bicyclic) bond motifs is 1. The van der Waals surface area contributed by atoms with Crippen molar-refractivity contribution in [3.63, 3.8) is 0 Å². The second-order valence-corrected chi connectivity index (χ2v) is 2.73. The summed E-state index contributed by atoms with van der Waals surface area (Å²) >= 11 is 5.63. The Morgan fingerprint density at radius 1 is 1.36 bits per heavy atom. The lowest BCUT2D eigenvalue weighted by Crippen LogP contribution is -1.72. The van der Waals surface area contributed by atoms with Crippen LogP contribution in [0.1, 0.15) is 0 Å². The number of nitrogens with one attached hydrogen (secondary N) is 1. The minimum Gasteiger partial charge on any atom is -0.346 e. The molecule has 0 spiro atoms. The van der Waals surface area contributed by atoms with Gasteiger partial charge in [0.2, 0.25) is 0 Å². The molecule has 56 valence electrons. The maximum absolute atomic E-state index is 12.9. The summed E-state index contributed by atoms with van der Waals surface area (Å²) in [6, 6.07) is 6.41. The zero-order chi connectivity index (χ0) is 7.84. The molecule has 0 unspecified atom stereocenters. The van der Waals surface area contributed by atoms with Gasteiger partial charge in [0.25, 0.3) is 0 Å². The van der Waals surface area contributed by atoms with E-state index in [4.69, 9.17) is 11.6 Å². The van der Waals surface area contributed by atoms with E-state index >= 15 is 0 Å². The zero-order valence-electron chi connectivity index (χ0n) is 5.57. The number of hydrogen-bond acceptors (Lipinski definition) is 0. The fourth-order valence-electron chi connectivity index (χ4n) is 1.08. The normalized spacial score (nSPS) is 10.7. The topological polar surface area (TPSA) is 15.8 Å². The van der Waals surface area contributed by atoms with E-state index in [1.807, 2.05) is 0 Å². The first kappa shape index (κ1) is 6.68. The van der Waals surface area contributed by atoms with Gasteiger partial charge in [-0.1, -0.05) is 17.7 Å². The third-order valence-corrected chi connectivity index (χ3v) is 1.78. The van der Waals surface area contributed by atoms with Crippen LogP contribution in [0.25, 0.3) is 10.9 Å². The van der Waals surface area contributed by atoms with E-state index in [1.54, 1.807) is 18.2 Å². The van der Waals surface area contributed by atoms with Crippen molar-refractivity contribution in [3.8, 4) is 0 Å². The van der Waals surface area contributed by atoms with Crippen LogP contribution in [0.2, 0.25) is 5.15 Å². The van der Waals surface area contributed by atoms with E-state index in [0.29, 0.717) is 10.5 Å². The van der Waals surface area contributed by atoms with Crippen LogP contribution in [0.5, 0.6) is 0 Å². The Kier molecular flexibility index (Phi) is 1.36. The molecule has 2 rings (SSSR count). The van der Waals surface area contributed by atoms with E-state index < -0.39 is 0 Å². The van der Waals surface area contributed by atoms with E-state index in [0.717, 1.165) is 5.52 Å². The predicted molar refractivity (Wildman–Crippen MR) is 43.3 cm³/mol. The molecule has 0 radical (unpaired) electrons. The van der Waals surface area contributed by atoms with Gasteiger partial charge in [0, 0.05) is 10.9 Å². The first-order valence-electron chi connectivity index (χ1n) is 3.20. The number of H-pyrrole nitrogens is 1. The highest BCUT2D eigenvalue weighted by molar-refractivity contribution is 6.30. The Morgan fingerprint density at radius 2 is 2.18 bits per heavy atom. The molecule has 1 aromatic carbocycles. The molecule has 3 heteroatoms.